The highest BCUT2D eigenvalue weighted by Crippen LogP contribution is 2.26. The Bertz CT molecular complexity index is 384. The first-order chi connectivity index (χ1) is 9.23. The Hall–Kier alpha value is -1.23. The quantitative estimate of drug-likeness (QED) is 0.550. The van der Waals surface area contributed by atoms with Crippen molar-refractivity contribution in [2.75, 3.05) is 6.54 Å². The molecule has 0 aliphatic carbocycles. The molecule has 1 saturated heterocycles. The normalized spacial score (nSPS) is 22.8. The molecule has 0 bridgehead atoms. The molecule has 1 unspecified atom stereocenters. The van der Waals surface area contributed by atoms with E-state index in [1.807, 2.05) is 0 Å². The summed E-state index contributed by atoms with van der Waals surface area (Å²) in [5, 5.41) is 11.7. The number of carbonyl (C=O) groups excluding carboxylic acids is 2. The van der Waals surface area contributed by atoms with Gasteiger partial charge >= 0.3 is 5.97 Å². The van der Waals surface area contributed by atoms with Gasteiger partial charge in [0.25, 0.3) is 0 Å². The van der Waals surface area contributed by atoms with Crippen molar-refractivity contribution in [2.24, 2.45) is 11.3 Å². The van der Waals surface area contributed by atoms with E-state index < -0.39 is 11.4 Å². The smallest absolute Gasteiger partial charge is 0.303 e. The number of aliphatic carboxylic acids is 1. The number of hydrogen-bond donors (Lipinski definition) is 2. The van der Waals surface area contributed by atoms with E-state index in [1.54, 1.807) is 20.8 Å². The standard InChI is InChI=1S/C15H25NO4/c1-15(2,3)14(20)13(19)12-10(8-9-16-12)6-4-5-7-11(17)18/h10,12,16H,4-9H2,1-3H3,(H,17,18)/t10-,12?/m0/s1. The predicted octanol–water partition coefficient (Wildman–Crippen LogP) is 1.79. The van der Waals surface area contributed by atoms with Crippen LogP contribution in [0.15, 0.2) is 0 Å². The van der Waals surface area contributed by atoms with Gasteiger partial charge in [0.2, 0.25) is 11.6 Å². The highest BCUT2D eigenvalue weighted by Gasteiger charge is 2.39. The maximum atomic E-state index is 12.2. The lowest BCUT2D eigenvalue weighted by atomic mass is 9.82. The third-order valence-electron chi connectivity index (χ3n) is 3.75. The van der Waals surface area contributed by atoms with E-state index >= 15 is 0 Å². The Morgan fingerprint density at radius 1 is 1.20 bits per heavy atom. The van der Waals surface area contributed by atoms with Crippen LogP contribution in [0, 0.1) is 11.3 Å². The minimum Gasteiger partial charge on any atom is -0.481 e. The van der Waals surface area contributed by atoms with Gasteiger partial charge in [0, 0.05) is 11.8 Å². The third-order valence-corrected chi connectivity index (χ3v) is 3.75. The zero-order valence-corrected chi connectivity index (χ0v) is 12.6. The lowest BCUT2D eigenvalue weighted by molar-refractivity contribution is -0.142. The Balaban J connectivity index is 2.50. The maximum Gasteiger partial charge on any atom is 0.303 e. The van der Waals surface area contributed by atoms with Crippen molar-refractivity contribution in [1.29, 1.82) is 0 Å². The van der Waals surface area contributed by atoms with Gasteiger partial charge in [-0.15, -0.1) is 0 Å². The molecule has 0 amide bonds. The molecule has 20 heavy (non-hydrogen) atoms. The summed E-state index contributed by atoms with van der Waals surface area (Å²) in [6.07, 6.45) is 3.25. The second kappa shape index (κ2) is 6.97. The summed E-state index contributed by atoms with van der Waals surface area (Å²) in [7, 11) is 0. The second-order valence-electron chi connectivity index (χ2n) is 6.56. The van der Waals surface area contributed by atoms with Crippen molar-refractivity contribution in [3.05, 3.63) is 0 Å². The number of nitrogens with one attached hydrogen (secondary N) is 1. The van der Waals surface area contributed by atoms with Gasteiger partial charge in [-0.3, -0.25) is 14.4 Å². The SMILES string of the molecule is CC(C)(C)C(=O)C(=O)C1NCC[C@@H]1CCCCC(=O)O. The monoisotopic (exact) mass is 283 g/mol. The number of carboxylic acids is 1. The molecular weight excluding hydrogens is 258 g/mol. The van der Waals surface area contributed by atoms with Crippen molar-refractivity contribution in [1.82, 2.24) is 5.32 Å². The minimum absolute atomic E-state index is 0.155. The topological polar surface area (TPSA) is 83.5 Å². The summed E-state index contributed by atoms with van der Waals surface area (Å²) in [6.45, 7) is 6.01. The van der Waals surface area contributed by atoms with E-state index in [4.69, 9.17) is 5.11 Å². The molecule has 5 heteroatoms. The van der Waals surface area contributed by atoms with Gasteiger partial charge < -0.3 is 10.4 Å². The molecule has 0 aromatic rings. The van der Waals surface area contributed by atoms with Crippen LogP contribution in [0.4, 0.5) is 0 Å². The van der Waals surface area contributed by atoms with Crippen molar-refractivity contribution in [3.8, 4) is 0 Å². The van der Waals surface area contributed by atoms with Crippen LogP contribution in [0.25, 0.3) is 0 Å². The van der Waals surface area contributed by atoms with Crippen molar-refractivity contribution in [3.63, 3.8) is 0 Å². The minimum atomic E-state index is -0.787. The fourth-order valence-corrected chi connectivity index (χ4v) is 2.57. The Morgan fingerprint density at radius 2 is 1.85 bits per heavy atom. The van der Waals surface area contributed by atoms with Crippen LogP contribution in [0.5, 0.6) is 0 Å². The lowest BCUT2D eigenvalue weighted by Crippen LogP contribution is -2.44. The average Bonchev–Trinajstić information content (AvgIpc) is 2.79. The predicted molar refractivity (Wildman–Crippen MR) is 75.5 cm³/mol. The molecule has 0 spiro atoms. The molecule has 0 saturated carbocycles. The van der Waals surface area contributed by atoms with Crippen LogP contribution in [0.3, 0.4) is 0 Å². The van der Waals surface area contributed by atoms with Crippen LogP contribution >= 0.6 is 0 Å². The number of carbonyl (C=O) groups is 3. The fourth-order valence-electron chi connectivity index (χ4n) is 2.57. The van der Waals surface area contributed by atoms with E-state index in [-0.39, 0.29) is 29.9 Å². The van der Waals surface area contributed by atoms with Crippen molar-refractivity contribution < 1.29 is 19.5 Å². The molecule has 1 fully saturated rings. The van der Waals surface area contributed by atoms with Gasteiger partial charge in [-0.1, -0.05) is 27.2 Å². The first-order valence-electron chi connectivity index (χ1n) is 7.27. The Labute approximate surface area is 120 Å². The molecular formula is C15H25NO4. The van der Waals surface area contributed by atoms with Gasteiger partial charge in [0.1, 0.15) is 0 Å². The highest BCUT2D eigenvalue weighted by molar-refractivity contribution is 6.40. The molecule has 0 aromatic carbocycles. The van der Waals surface area contributed by atoms with Gasteiger partial charge in [-0.05, 0) is 31.7 Å². The molecule has 5 nitrogen and oxygen atoms in total. The summed E-state index contributed by atoms with van der Waals surface area (Å²) in [5.74, 6) is -1.28. The largest absolute Gasteiger partial charge is 0.481 e. The summed E-state index contributed by atoms with van der Waals surface area (Å²) >= 11 is 0. The van der Waals surface area contributed by atoms with Crippen molar-refractivity contribution in [2.45, 2.75) is 58.9 Å². The lowest BCUT2D eigenvalue weighted by Gasteiger charge is -2.22. The first kappa shape index (κ1) is 16.8. The third kappa shape index (κ3) is 4.71. The average molecular weight is 283 g/mol. The van der Waals surface area contributed by atoms with Crippen LogP contribution in [0.2, 0.25) is 0 Å². The maximum absolute atomic E-state index is 12.2. The second-order valence-corrected chi connectivity index (χ2v) is 6.56. The Morgan fingerprint density at radius 3 is 2.40 bits per heavy atom. The fraction of sp³-hybridized carbons (Fsp3) is 0.800. The molecule has 2 atom stereocenters. The number of unbranched alkanes of at least 4 members (excludes halogenated alkanes) is 1. The van der Waals surface area contributed by atoms with E-state index in [0.717, 1.165) is 25.8 Å². The zero-order chi connectivity index (χ0) is 15.3. The number of rotatable bonds is 7. The van der Waals surface area contributed by atoms with Crippen LogP contribution in [0.1, 0.15) is 52.9 Å². The van der Waals surface area contributed by atoms with E-state index in [9.17, 15) is 14.4 Å². The summed E-state index contributed by atoms with van der Waals surface area (Å²) in [6, 6.07) is -0.383. The summed E-state index contributed by atoms with van der Waals surface area (Å²) in [4.78, 5) is 34.7. The molecule has 114 valence electrons. The van der Waals surface area contributed by atoms with Crippen molar-refractivity contribution >= 4 is 17.5 Å². The molecule has 1 heterocycles. The molecule has 0 aromatic heterocycles. The van der Waals surface area contributed by atoms with Crippen LogP contribution in [-0.2, 0) is 14.4 Å². The van der Waals surface area contributed by atoms with Gasteiger partial charge in [-0.2, -0.15) is 0 Å². The first-order valence-corrected chi connectivity index (χ1v) is 7.27. The molecule has 1 aliphatic rings. The van der Waals surface area contributed by atoms with E-state index in [2.05, 4.69) is 5.32 Å². The molecule has 2 N–H and O–H groups in total. The number of ketones is 2. The van der Waals surface area contributed by atoms with E-state index in [0.29, 0.717) is 6.42 Å². The van der Waals surface area contributed by atoms with E-state index in [1.165, 1.54) is 0 Å². The zero-order valence-electron chi connectivity index (χ0n) is 12.6. The molecule has 0 radical (unpaired) electrons. The van der Waals surface area contributed by atoms with Crippen LogP contribution in [-0.4, -0.2) is 35.2 Å². The van der Waals surface area contributed by atoms with Crippen LogP contribution < -0.4 is 5.32 Å². The number of carboxylic acid groups (broad SMARTS) is 1. The number of Topliss-reactive ketones (excluding diaryl/α,β-unsaturated/α-hetero) is 2. The molecule has 1 rings (SSSR count). The summed E-state index contributed by atoms with van der Waals surface area (Å²) in [5.41, 5.74) is -0.644. The van der Waals surface area contributed by atoms with Gasteiger partial charge in [-0.25, -0.2) is 0 Å². The summed E-state index contributed by atoms with van der Waals surface area (Å²) < 4.78 is 0. The molecule has 1 aliphatic heterocycles. The number of hydrogen-bond acceptors (Lipinski definition) is 4. The highest BCUT2D eigenvalue weighted by atomic mass is 16.4. The van der Waals surface area contributed by atoms with Gasteiger partial charge in [0.05, 0.1) is 6.04 Å². The Kier molecular flexibility index (Phi) is 5.87. The van der Waals surface area contributed by atoms with Gasteiger partial charge in [0.15, 0.2) is 0 Å².